The zero-order valence-corrected chi connectivity index (χ0v) is 13.2. The molecule has 0 spiro atoms. The van der Waals surface area contributed by atoms with Gasteiger partial charge in [0.15, 0.2) is 9.84 Å². The maximum atomic E-state index is 12.5. The summed E-state index contributed by atoms with van der Waals surface area (Å²) in [5.74, 6) is -1.13. The summed E-state index contributed by atoms with van der Waals surface area (Å²) in [6.07, 6.45) is -2.86. The number of benzene rings is 1. The maximum absolute atomic E-state index is 12.5. The van der Waals surface area contributed by atoms with Crippen molar-refractivity contribution in [1.82, 2.24) is 4.90 Å². The standard InChI is InChI=1S/C13H13F3N2O5S/c1-3-6-17(8-13(14,15)16)12(19)9-4-5-11(24(2,22)23)10(7-9)18(20)21/h3-5,7H,1,6,8H2,2H3. The van der Waals surface area contributed by atoms with Crippen LogP contribution in [0.5, 0.6) is 0 Å². The molecule has 1 aromatic rings. The summed E-state index contributed by atoms with van der Waals surface area (Å²) in [5.41, 5.74) is -1.31. The number of nitro benzene ring substituents is 1. The van der Waals surface area contributed by atoms with Gasteiger partial charge >= 0.3 is 6.18 Å². The van der Waals surface area contributed by atoms with Crippen LogP contribution in [-0.4, -0.2) is 49.7 Å². The van der Waals surface area contributed by atoms with E-state index in [9.17, 15) is 36.5 Å². The number of carbonyl (C=O) groups excluding carboxylic acids is 1. The highest BCUT2D eigenvalue weighted by molar-refractivity contribution is 7.90. The SMILES string of the molecule is C=CCN(CC(F)(F)F)C(=O)c1ccc(S(C)(=O)=O)c([N+](=O)[O-])c1. The smallest absolute Gasteiger partial charge is 0.326 e. The predicted molar refractivity (Wildman–Crippen MR) is 78.4 cm³/mol. The molecule has 0 heterocycles. The van der Waals surface area contributed by atoms with Crippen LogP contribution in [0, 0.1) is 10.1 Å². The first kappa shape index (κ1) is 19.6. The fourth-order valence-electron chi connectivity index (χ4n) is 1.88. The van der Waals surface area contributed by atoms with Crippen LogP contribution in [-0.2, 0) is 9.84 Å². The van der Waals surface area contributed by atoms with E-state index in [2.05, 4.69) is 6.58 Å². The Morgan fingerprint density at radius 3 is 2.42 bits per heavy atom. The molecule has 0 aliphatic rings. The van der Waals surface area contributed by atoms with E-state index >= 15 is 0 Å². The molecule has 0 saturated heterocycles. The number of rotatable bonds is 6. The number of hydrogen-bond acceptors (Lipinski definition) is 5. The summed E-state index contributed by atoms with van der Waals surface area (Å²) in [4.78, 5) is 21.9. The summed E-state index contributed by atoms with van der Waals surface area (Å²) in [7, 11) is -3.94. The lowest BCUT2D eigenvalue weighted by atomic mass is 10.1. The van der Waals surface area contributed by atoms with Gasteiger partial charge in [0.25, 0.3) is 11.6 Å². The molecule has 1 rings (SSSR count). The van der Waals surface area contributed by atoms with Gasteiger partial charge in [0.05, 0.1) is 4.92 Å². The third-order valence-electron chi connectivity index (χ3n) is 2.81. The molecule has 0 aromatic heterocycles. The lowest BCUT2D eigenvalue weighted by Crippen LogP contribution is -2.39. The van der Waals surface area contributed by atoms with Crippen LogP contribution in [0.3, 0.4) is 0 Å². The largest absolute Gasteiger partial charge is 0.406 e. The highest BCUT2D eigenvalue weighted by atomic mass is 32.2. The molecule has 24 heavy (non-hydrogen) atoms. The van der Waals surface area contributed by atoms with E-state index in [1.807, 2.05) is 0 Å². The van der Waals surface area contributed by atoms with Crippen LogP contribution in [0.4, 0.5) is 18.9 Å². The number of alkyl halides is 3. The molecule has 1 amide bonds. The van der Waals surface area contributed by atoms with Crippen molar-refractivity contribution in [3.05, 3.63) is 46.5 Å². The third kappa shape index (κ3) is 5.05. The number of nitrogens with zero attached hydrogens (tertiary/aromatic N) is 2. The van der Waals surface area contributed by atoms with Crippen molar-refractivity contribution >= 4 is 21.4 Å². The van der Waals surface area contributed by atoms with Crippen LogP contribution in [0.15, 0.2) is 35.7 Å². The Balaban J connectivity index is 3.34. The van der Waals surface area contributed by atoms with Crippen molar-refractivity contribution in [3.8, 4) is 0 Å². The summed E-state index contributed by atoms with van der Waals surface area (Å²) in [6.45, 7) is 1.25. The predicted octanol–water partition coefficient (Wildman–Crippen LogP) is 2.19. The van der Waals surface area contributed by atoms with E-state index < -0.39 is 56.1 Å². The fraction of sp³-hybridized carbons (Fsp3) is 0.308. The number of carbonyl (C=O) groups is 1. The Morgan fingerprint density at radius 1 is 1.42 bits per heavy atom. The quantitative estimate of drug-likeness (QED) is 0.437. The first-order valence-electron chi connectivity index (χ1n) is 6.32. The Bertz CT molecular complexity index is 774. The average molecular weight is 366 g/mol. The van der Waals surface area contributed by atoms with Crippen molar-refractivity contribution in [2.75, 3.05) is 19.3 Å². The Labute approximate surface area is 135 Å². The van der Waals surface area contributed by atoms with Gasteiger partial charge in [-0.25, -0.2) is 8.42 Å². The van der Waals surface area contributed by atoms with E-state index in [0.717, 1.165) is 24.5 Å². The summed E-state index contributed by atoms with van der Waals surface area (Å²) in [6, 6.07) is 2.39. The van der Waals surface area contributed by atoms with Crippen molar-refractivity contribution in [2.24, 2.45) is 0 Å². The minimum atomic E-state index is -4.67. The highest BCUT2D eigenvalue weighted by Crippen LogP contribution is 2.26. The normalized spacial score (nSPS) is 11.8. The average Bonchev–Trinajstić information content (AvgIpc) is 2.43. The topological polar surface area (TPSA) is 97.6 Å². The molecular weight excluding hydrogens is 353 g/mol. The molecule has 0 N–H and O–H groups in total. The van der Waals surface area contributed by atoms with Crippen LogP contribution in [0.1, 0.15) is 10.4 Å². The van der Waals surface area contributed by atoms with E-state index in [1.165, 1.54) is 0 Å². The highest BCUT2D eigenvalue weighted by Gasteiger charge is 2.33. The van der Waals surface area contributed by atoms with E-state index in [1.54, 1.807) is 0 Å². The Morgan fingerprint density at radius 2 is 2.00 bits per heavy atom. The van der Waals surface area contributed by atoms with Gasteiger partial charge in [-0.15, -0.1) is 6.58 Å². The molecule has 132 valence electrons. The zero-order chi connectivity index (χ0) is 18.7. The molecule has 0 aliphatic heterocycles. The molecule has 0 unspecified atom stereocenters. The number of nitro groups is 1. The number of hydrogen-bond donors (Lipinski definition) is 0. The maximum Gasteiger partial charge on any atom is 0.406 e. The van der Waals surface area contributed by atoms with Crippen LogP contribution >= 0.6 is 0 Å². The van der Waals surface area contributed by atoms with Crippen LogP contribution in [0.25, 0.3) is 0 Å². The number of amides is 1. The number of halogens is 3. The van der Waals surface area contributed by atoms with Gasteiger partial charge in [0, 0.05) is 24.4 Å². The van der Waals surface area contributed by atoms with Gasteiger partial charge in [-0.1, -0.05) is 6.08 Å². The minimum absolute atomic E-state index is 0.395. The zero-order valence-electron chi connectivity index (χ0n) is 12.4. The number of sulfone groups is 1. The molecule has 0 bridgehead atoms. The van der Waals surface area contributed by atoms with Gasteiger partial charge < -0.3 is 4.90 Å². The monoisotopic (exact) mass is 366 g/mol. The van der Waals surface area contributed by atoms with Crippen LogP contribution in [0.2, 0.25) is 0 Å². The second-order valence-electron chi connectivity index (χ2n) is 4.80. The molecule has 1 aromatic carbocycles. The first-order chi connectivity index (χ1) is 10.9. The summed E-state index contributed by atoms with van der Waals surface area (Å²) in [5, 5.41) is 11.0. The minimum Gasteiger partial charge on any atom is -0.326 e. The summed E-state index contributed by atoms with van der Waals surface area (Å²) < 4.78 is 60.6. The Hall–Kier alpha value is -2.43. The van der Waals surface area contributed by atoms with Gasteiger partial charge in [-0.05, 0) is 12.1 Å². The molecular formula is C13H13F3N2O5S. The van der Waals surface area contributed by atoms with Gasteiger partial charge in [-0.3, -0.25) is 14.9 Å². The molecule has 0 radical (unpaired) electrons. The van der Waals surface area contributed by atoms with Gasteiger partial charge in [0.2, 0.25) is 0 Å². The lowest BCUT2D eigenvalue weighted by molar-refractivity contribution is -0.387. The van der Waals surface area contributed by atoms with Gasteiger partial charge in [-0.2, -0.15) is 13.2 Å². The third-order valence-corrected chi connectivity index (χ3v) is 3.95. The first-order valence-corrected chi connectivity index (χ1v) is 8.21. The van der Waals surface area contributed by atoms with E-state index in [-0.39, 0.29) is 0 Å². The van der Waals surface area contributed by atoms with Gasteiger partial charge in [0.1, 0.15) is 11.4 Å². The molecule has 0 aliphatic carbocycles. The molecule has 0 fully saturated rings. The Kier molecular flexibility index (Phi) is 5.71. The fourth-order valence-corrected chi connectivity index (χ4v) is 2.71. The second kappa shape index (κ2) is 6.99. The van der Waals surface area contributed by atoms with Crippen molar-refractivity contribution < 1.29 is 31.3 Å². The summed E-state index contributed by atoms with van der Waals surface area (Å²) >= 11 is 0. The van der Waals surface area contributed by atoms with E-state index in [0.29, 0.717) is 11.0 Å². The van der Waals surface area contributed by atoms with Crippen molar-refractivity contribution in [1.29, 1.82) is 0 Å². The van der Waals surface area contributed by atoms with Crippen LogP contribution < -0.4 is 0 Å². The van der Waals surface area contributed by atoms with Crippen molar-refractivity contribution in [2.45, 2.75) is 11.1 Å². The van der Waals surface area contributed by atoms with E-state index in [4.69, 9.17) is 0 Å². The molecule has 0 atom stereocenters. The second-order valence-corrected chi connectivity index (χ2v) is 6.79. The molecule has 0 saturated carbocycles. The molecule has 7 nitrogen and oxygen atoms in total. The lowest BCUT2D eigenvalue weighted by Gasteiger charge is -2.22. The molecule has 11 heteroatoms. The van der Waals surface area contributed by atoms with Crippen molar-refractivity contribution in [3.63, 3.8) is 0 Å².